The molecule has 0 aromatic heterocycles. The zero-order valence-electron chi connectivity index (χ0n) is 18.1. The van der Waals surface area contributed by atoms with Crippen molar-refractivity contribution in [2.75, 3.05) is 24.4 Å². The summed E-state index contributed by atoms with van der Waals surface area (Å²) >= 11 is 0. The van der Waals surface area contributed by atoms with Crippen LogP contribution in [0.1, 0.15) is 15.9 Å². The molecule has 0 aliphatic carbocycles. The van der Waals surface area contributed by atoms with Crippen LogP contribution < -0.4 is 15.4 Å². The van der Waals surface area contributed by atoms with E-state index in [2.05, 4.69) is 10.6 Å². The highest BCUT2D eigenvalue weighted by Gasteiger charge is 2.18. The van der Waals surface area contributed by atoms with Crippen LogP contribution in [0.25, 0.3) is 0 Å². The number of methoxy groups -OCH3 is 1. The van der Waals surface area contributed by atoms with Crippen LogP contribution in [-0.4, -0.2) is 36.4 Å². The zero-order valence-corrected chi connectivity index (χ0v) is 18.1. The quantitative estimate of drug-likeness (QED) is 0.281. The lowest BCUT2D eigenvalue weighted by Gasteiger charge is -2.12. The van der Waals surface area contributed by atoms with Crippen LogP contribution >= 0.6 is 0 Å². The van der Waals surface area contributed by atoms with Gasteiger partial charge in [0.05, 0.1) is 41.5 Å². The highest BCUT2D eigenvalue weighted by atomic mass is 16.6. The number of esters is 1. The maximum absolute atomic E-state index is 12.6. The third-order valence-electron chi connectivity index (χ3n) is 4.63. The first-order valence-corrected chi connectivity index (χ1v) is 10.1. The lowest BCUT2D eigenvalue weighted by molar-refractivity contribution is -0.384. The van der Waals surface area contributed by atoms with Gasteiger partial charge in [0.2, 0.25) is 5.91 Å². The fourth-order valence-electron chi connectivity index (χ4n) is 3.04. The number of nitrogens with one attached hydrogen (secondary N) is 2. The molecule has 0 aliphatic heterocycles. The van der Waals surface area contributed by atoms with Crippen LogP contribution in [0.2, 0.25) is 0 Å². The number of non-ortho nitro benzene ring substituents is 1. The number of rotatable bonds is 9. The smallest absolute Gasteiger partial charge is 0.340 e. The van der Waals surface area contributed by atoms with E-state index in [0.29, 0.717) is 0 Å². The van der Waals surface area contributed by atoms with E-state index in [1.807, 2.05) is 30.3 Å². The standard InChI is InChI=1S/C24H21N3O7/c1-33-21-14-17(27(31)32)11-12-20(21)26-23(29)15-34-24(30)18-9-5-6-10-19(18)25-22(28)13-16-7-3-2-4-8-16/h2-12,14H,13,15H2,1H3,(H,25,28)(H,26,29). The molecule has 2 amide bonds. The predicted octanol–water partition coefficient (Wildman–Crippen LogP) is 3.58. The van der Waals surface area contributed by atoms with Gasteiger partial charge in [-0.05, 0) is 23.8 Å². The molecule has 174 valence electrons. The van der Waals surface area contributed by atoms with Crippen LogP contribution in [0.15, 0.2) is 72.8 Å². The van der Waals surface area contributed by atoms with Gasteiger partial charge in [-0.1, -0.05) is 42.5 Å². The van der Waals surface area contributed by atoms with Gasteiger partial charge in [0, 0.05) is 6.07 Å². The minimum Gasteiger partial charge on any atom is -0.494 e. The second-order valence-corrected chi connectivity index (χ2v) is 7.02. The Morgan fingerprint density at radius 1 is 0.882 bits per heavy atom. The van der Waals surface area contributed by atoms with E-state index in [9.17, 15) is 24.5 Å². The molecule has 0 saturated carbocycles. The first-order valence-electron chi connectivity index (χ1n) is 10.1. The number of nitro groups is 1. The first-order chi connectivity index (χ1) is 16.4. The van der Waals surface area contributed by atoms with Crippen LogP contribution in [-0.2, 0) is 20.7 Å². The highest BCUT2D eigenvalue weighted by molar-refractivity contribution is 6.03. The molecule has 0 heterocycles. The average Bonchev–Trinajstić information content (AvgIpc) is 2.83. The second-order valence-electron chi connectivity index (χ2n) is 7.02. The summed E-state index contributed by atoms with van der Waals surface area (Å²) in [4.78, 5) is 47.5. The monoisotopic (exact) mass is 463 g/mol. The molecule has 2 N–H and O–H groups in total. The number of amides is 2. The van der Waals surface area contributed by atoms with Crippen molar-refractivity contribution in [2.45, 2.75) is 6.42 Å². The minimum absolute atomic E-state index is 0.0837. The molecule has 10 nitrogen and oxygen atoms in total. The van der Waals surface area contributed by atoms with Gasteiger partial charge in [-0.15, -0.1) is 0 Å². The summed E-state index contributed by atoms with van der Waals surface area (Å²) in [5, 5.41) is 16.0. The SMILES string of the molecule is COc1cc([N+](=O)[O-])ccc1NC(=O)COC(=O)c1ccccc1NC(=O)Cc1ccccc1. The topological polar surface area (TPSA) is 137 Å². The van der Waals surface area contributed by atoms with Gasteiger partial charge in [0.15, 0.2) is 6.61 Å². The third kappa shape index (κ3) is 6.39. The number of para-hydroxylation sites is 1. The fraction of sp³-hybridized carbons (Fsp3) is 0.125. The number of hydrogen-bond donors (Lipinski definition) is 2. The maximum atomic E-state index is 12.6. The Labute approximate surface area is 194 Å². The molecule has 0 aliphatic rings. The molecule has 0 fully saturated rings. The Morgan fingerprint density at radius 3 is 2.26 bits per heavy atom. The van der Waals surface area contributed by atoms with Crippen LogP contribution in [0.4, 0.5) is 17.1 Å². The van der Waals surface area contributed by atoms with Gasteiger partial charge in [-0.25, -0.2) is 4.79 Å². The largest absolute Gasteiger partial charge is 0.494 e. The Balaban J connectivity index is 1.60. The molecule has 0 atom stereocenters. The fourth-order valence-corrected chi connectivity index (χ4v) is 3.04. The van der Waals surface area contributed by atoms with Gasteiger partial charge < -0.3 is 20.1 Å². The van der Waals surface area contributed by atoms with Crippen molar-refractivity contribution in [1.82, 2.24) is 0 Å². The molecule has 0 saturated heterocycles. The van der Waals surface area contributed by atoms with Crippen molar-refractivity contribution in [3.8, 4) is 5.75 Å². The zero-order chi connectivity index (χ0) is 24.5. The number of ether oxygens (including phenoxy) is 2. The average molecular weight is 463 g/mol. The van der Waals surface area contributed by atoms with Gasteiger partial charge >= 0.3 is 5.97 Å². The summed E-state index contributed by atoms with van der Waals surface area (Å²) in [6, 6.07) is 19.1. The Bertz CT molecular complexity index is 1210. The summed E-state index contributed by atoms with van der Waals surface area (Å²) in [5.41, 5.74) is 1.14. The van der Waals surface area contributed by atoms with Gasteiger partial charge in [-0.3, -0.25) is 19.7 Å². The molecule has 34 heavy (non-hydrogen) atoms. The lowest BCUT2D eigenvalue weighted by Crippen LogP contribution is -2.22. The highest BCUT2D eigenvalue weighted by Crippen LogP contribution is 2.29. The van der Waals surface area contributed by atoms with Crippen LogP contribution in [0, 0.1) is 10.1 Å². The number of nitrogens with zero attached hydrogens (tertiary/aromatic N) is 1. The summed E-state index contributed by atoms with van der Waals surface area (Å²) in [6.07, 6.45) is 0.129. The molecule has 0 radical (unpaired) electrons. The Morgan fingerprint density at radius 2 is 1.56 bits per heavy atom. The minimum atomic E-state index is -0.804. The number of carbonyl (C=O) groups is 3. The number of hydrogen-bond acceptors (Lipinski definition) is 7. The Hall–Kier alpha value is -4.73. The van der Waals surface area contributed by atoms with Gasteiger partial charge in [0.25, 0.3) is 11.6 Å². The maximum Gasteiger partial charge on any atom is 0.340 e. The van der Waals surface area contributed by atoms with E-state index in [-0.39, 0.29) is 40.7 Å². The lowest BCUT2D eigenvalue weighted by atomic mass is 10.1. The summed E-state index contributed by atoms with van der Waals surface area (Å²) in [5.74, 6) is -1.71. The van der Waals surface area contributed by atoms with Gasteiger partial charge in [0.1, 0.15) is 5.75 Å². The van der Waals surface area contributed by atoms with E-state index in [4.69, 9.17) is 9.47 Å². The third-order valence-corrected chi connectivity index (χ3v) is 4.63. The predicted molar refractivity (Wildman–Crippen MR) is 124 cm³/mol. The van der Waals surface area contributed by atoms with Gasteiger partial charge in [-0.2, -0.15) is 0 Å². The molecule has 0 unspecified atom stereocenters. The molecule has 3 aromatic rings. The van der Waals surface area contributed by atoms with Crippen molar-refractivity contribution >= 4 is 34.8 Å². The van der Waals surface area contributed by atoms with Crippen molar-refractivity contribution in [1.29, 1.82) is 0 Å². The van der Waals surface area contributed by atoms with E-state index in [1.165, 1.54) is 25.3 Å². The summed E-state index contributed by atoms with van der Waals surface area (Å²) < 4.78 is 10.1. The van der Waals surface area contributed by atoms with E-state index >= 15 is 0 Å². The van der Waals surface area contributed by atoms with Crippen LogP contribution in [0.5, 0.6) is 5.75 Å². The van der Waals surface area contributed by atoms with Crippen molar-refractivity contribution in [2.24, 2.45) is 0 Å². The number of benzene rings is 3. The molecule has 3 rings (SSSR count). The number of nitro benzene ring substituents is 1. The number of anilines is 2. The second kappa shape index (κ2) is 11.2. The molecule has 0 spiro atoms. The van der Waals surface area contributed by atoms with Crippen molar-refractivity contribution in [3.05, 3.63) is 94.0 Å². The van der Waals surface area contributed by atoms with Crippen molar-refractivity contribution < 1.29 is 28.8 Å². The molecular formula is C24H21N3O7. The molecule has 0 bridgehead atoms. The van der Waals surface area contributed by atoms with E-state index in [0.717, 1.165) is 11.6 Å². The first kappa shape index (κ1) is 23.9. The normalized spacial score (nSPS) is 10.1. The van der Waals surface area contributed by atoms with Crippen molar-refractivity contribution in [3.63, 3.8) is 0 Å². The number of carbonyl (C=O) groups excluding carboxylic acids is 3. The van der Waals surface area contributed by atoms with Crippen LogP contribution in [0.3, 0.4) is 0 Å². The summed E-state index contributed by atoms with van der Waals surface area (Å²) in [7, 11) is 1.30. The molecular weight excluding hydrogens is 442 g/mol. The van der Waals surface area contributed by atoms with E-state index in [1.54, 1.807) is 18.2 Å². The Kier molecular flexibility index (Phi) is 7.90. The van der Waals surface area contributed by atoms with E-state index < -0.39 is 23.4 Å². The summed E-state index contributed by atoms with van der Waals surface area (Å²) in [6.45, 7) is -0.620. The molecule has 10 heteroatoms. The molecule has 3 aromatic carbocycles.